The van der Waals surface area contributed by atoms with Gasteiger partial charge in [0.15, 0.2) is 5.69 Å². The average molecular weight is 426 g/mol. The lowest BCUT2D eigenvalue weighted by Crippen LogP contribution is -2.42. The van der Waals surface area contributed by atoms with E-state index in [1.807, 2.05) is 11.6 Å². The standard InChI is InChI=1S/C23H31N5O3/c1-16-22(23(29)24-14-19-5-3-11-31-19)25-26-28(16)21-6-2-4-17-15-27(10-7-20(17)21)18-8-12-30-13-9-18/h2,4,6,18-19H,3,5,7-15H2,1H3,(H,24,29)/t19-/m1/s1. The normalized spacial score (nSPS) is 22.4. The van der Waals surface area contributed by atoms with Gasteiger partial charge in [-0.1, -0.05) is 17.3 Å². The maximum Gasteiger partial charge on any atom is 0.273 e. The molecule has 8 heteroatoms. The van der Waals surface area contributed by atoms with Gasteiger partial charge in [0.1, 0.15) is 0 Å². The summed E-state index contributed by atoms with van der Waals surface area (Å²) in [6, 6.07) is 6.99. The maximum absolute atomic E-state index is 12.7. The molecule has 8 nitrogen and oxygen atoms in total. The molecule has 2 fully saturated rings. The van der Waals surface area contributed by atoms with E-state index in [0.29, 0.717) is 18.3 Å². The minimum Gasteiger partial charge on any atom is -0.381 e. The van der Waals surface area contributed by atoms with E-state index in [0.717, 1.165) is 76.4 Å². The molecular formula is C23H31N5O3. The number of amides is 1. The lowest BCUT2D eigenvalue weighted by Gasteiger charge is -2.38. The Hall–Kier alpha value is -2.29. The van der Waals surface area contributed by atoms with E-state index < -0.39 is 0 Å². The second-order valence-electron chi connectivity index (χ2n) is 8.76. The van der Waals surface area contributed by atoms with Crippen molar-refractivity contribution in [2.45, 2.75) is 57.7 Å². The van der Waals surface area contributed by atoms with Gasteiger partial charge in [-0.2, -0.15) is 0 Å². The highest BCUT2D eigenvalue weighted by Gasteiger charge is 2.28. The molecule has 1 N–H and O–H groups in total. The number of rotatable bonds is 5. The van der Waals surface area contributed by atoms with Gasteiger partial charge in [-0.15, -0.1) is 5.10 Å². The minimum absolute atomic E-state index is 0.110. The number of carbonyl (C=O) groups excluding carboxylic acids is 1. The molecule has 0 radical (unpaired) electrons. The molecule has 1 atom stereocenters. The van der Waals surface area contributed by atoms with Gasteiger partial charge in [0.05, 0.1) is 17.5 Å². The highest BCUT2D eigenvalue weighted by molar-refractivity contribution is 5.93. The minimum atomic E-state index is -0.185. The van der Waals surface area contributed by atoms with Crippen molar-refractivity contribution in [3.63, 3.8) is 0 Å². The summed E-state index contributed by atoms with van der Waals surface area (Å²) >= 11 is 0. The molecular weight excluding hydrogens is 394 g/mol. The van der Waals surface area contributed by atoms with Gasteiger partial charge in [0, 0.05) is 45.5 Å². The van der Waals surface area contributed by atoms with E-state index in [2.05, 4.69) is 38.7 Å². The molecule has 1 amide bonds. The van der Waals surface area contributed by atoms with Crippen LogP contribution in [0.3, 0.4) is 0 Å². The van der Waals surface area contributed by atoms with E-state index in [1.165, 1.54) is 11.1 Å². The van der Waals surface area contributed by atoms with Gasteiger partial charge in [-0.25, -0.2) is 4.68 Å². The first kappa shape index (κ1) is 20.6. The zero-order chi connectivity index (χ0) is 21.2. The fourth-order valence-electron chi connectivity index (χ4n) is 5.03. The van der Waals surface area contributed by atoms with Crippen LogP contribution in [0.4, 0.5) is 0 Å². The summed E-state index contributed by atoms with van der Waals surface area (Å²) in [5.41, 5.74) is 4.84. The fourth-order valence-corrected chi connectivity index (χ4v) is 5.03. The summed E-state index contributed by atoms with van der Waals surface area (Å²) in [5.74, 6) is -0.185. The van der Waals surface area contributed by atoms with Gasteiger partial charge < -0.3 is 14.8 Å². The number of carbonyl (C=O) groups is 1. The molecule has 1 aromatic heterocycles. The van der Waals surface area contributed by atoms with Crippen molar-refractivity contribution in [3.8, 4) is 5.69 Å². The number of nitrogens with one attached hydrogen (secondary N) is 1. The SMILES string of the molecule is Cc1c(C(=O)NC[C@H]2CCCO2)nnn1-c1cccc2c1CCN(C1CCOCC1)C2. The summed E-state index contributed by atoms with van der Waals surface area (Å²) < 4.78 is 12.9. The van der Waals surface area contributed by atoms with Crippen LogP contribution in [0, 0.1) is 6.92 Å². The van der Waals surface area contributed by atoms with Gasteiger partial charge in [-0.05, 0) is 56.2 Å². The number of nitrogens with zero attached hydrogens (tertiary/aromatic N) is 4. The summed E-state index contributed by atoms with van der Waals surface area (Å²) in [5, 5.41) is 11.5. The highest BCUT2D eigenvalue weighted by atomic mass is 16.5. The van der Waals surface area contributed by atoms with E-state index >= 15 is 0 Å². The molecule has 4 heterocycles. The third-order valence-corrected chi connectivity index (χ3v) is 6.83. The van der Waals surface area contributed by atoms with Crippen LogP contribution in [0.1, 0.15) is 53.0 Å². The predicted molar refractivity (Wildman–Crippen MR) is 115 cm³/mol. The fraction of sp³-hybridized carbons (Fsp3) is 0.609. The summed E-state index contributed by atoms with van der Waals surface area (Å²) in [6.45, 7) is 6.94. The van der Waals surface area contributed by atoms with E-state index in [9.17, 15) is 4.79 Å². The molecule has 0 unspecified atom stereocenters. The lowest BCUT2D eigenvalue weighted by molar-refractivity contribution is 0.0290. The zero-order valence-electron chi connectivity index (χ0n) is 18.2. The van der Waals surface area contributed by atoms with Crippen LogP contribution in [0.15, 0.2) is 18.2 Å². The van der Waals surface area contributed by atoms with Gasteiger partial charge in [0.25, 0.3) is 5.91 Å². The third-order valence-electron chi connectivity index (χ3n) is 6.83. The Morgan fingerprint density at radius 1 is 1.23 bits per heavy atom. The number of ether oxygens (including phenoxy) is 2. The zero-order valence-corrected chi connectivity index (χ0v) is 18.2. The van der Waals surface area contributed by atoms with Gasteiger partial charge in [-0.3, -0.25) is 9.69 Å². The second-order valence-corrected chi connectivity index (χ2v) is 8.76. The van der Waals surface area contributed by atoms with Crippen molar-refractivity contribution < 1.29 is 14.3 Å². The largest absolute Gasteiger partial charge is 0.381 e. The molecule has 0 aliphatic carbocycles. The number of hydrogen-bond acceptors (Lipinski definition) is 6. The monoisotopic (exact) mass is 425 g/mol. The molecule has 2 aromatic rings. The number of aromatic nitrogens is 3. The average Bonchev–Trinajstić information content (AvgIpc) is 3.47. The molecule has 5 rings (SSSR count). The van der Waals surface area contributed by atoms with Crippen LogP contribution in [0.25, 0.3) is 5.69 Å². The Morgan fingerprint density at radius 2 is 2.10 bits per heavy atom. The van der Waals surface area contributed by atoms with Crippen molar-refractivity contribution >= 4 is 5.91 Å². The summed E-state index contributed by atoms with van der Waals surface area (Å²) in [6.07, 6.45) is 5.36. The molecule has 1 aromatic carbocycles. The van der Waals surface area contributed by atoms with Crippen LogP contribution in [-0.4, -0.2) is 70.9 Å². The van der Waals surface area contributed by atoms with Crippen LogP contribution in [0.5, 0.6) is 0 Å². The number of fused-ring (bicyclic) bond motifs is 1. The molecule has 0 bridgehead atoms. The van der Waals surface area contributed by atoms with Crippen molar-refractivity contribution in [2.75, 3.05) is 32.9 Å². The first-order chi connectivity index (χ1) is 15.2. The Kier molecular flexibility index (Phi) is 6.02. The van der Waals surface area contributed by atoms with Crippen LogP contribution in [0.2, 0.25) is 0 Å². The first-order valence-corrected chi connectivity index (χ1v) is 11.5. The van der Waals surface area contributed by atoms with Crippen molar-refractivity contribution in [2.24, 2.45) is 0 Å². The number of benzene rings is 1. The van der Waals surface area contributed by atoms with Crippen molar-refractivity contribution in [3.05, 3.63) is 40.7 Å². The molecule has 3 aliphatic heterocycles. The Balaban J connectivity index is 1.32. The first-order valence-electron chi connectivity index (χ1n) is 11.5. The Labute approximate surface area is 182 Å². The van der Waals surface area contributed by atoms with E-state index in [1.54, 1.807) is 0 Å². The molecule has 0 spiro atoms. The molecule has 3 aliphatic rings. The van der Waals surface area contributed by atoms with E-state index in [4.69, 9.17) is 9.47 Å². The smallest absolute Gasteiger partial charge is 0.273 e. The number of hydrogen-bond donors (Lipinski definition) is 1. The predicted octanol–water partition coefficient (Wildman–Crippen LogP) is 2.02. The van der Waals surface area contributed by atoms with Gasteiger partial charge in [0.2, 0.25) is 0 Å². The Morgan fingerprint density at radius 3 is 2.90 bits per heavy atom. The van der Waals surface area contributed by atoms with Crippen LogP contribution in [-0.2, 0) is 22.4 Å². The topological polar surface area (TPSA) is 81.5 Å². The molecule has 166 valence electrons. The highest BCUT2D eigenvalue weighted by Crippen LogP contribution is 2.29. The second kappa shape index (κ2) is 9.06. The van der Waals surface area contributed by atoms with Crippen LogP contribution >= 0.6 is 0 Å². The van der Waals surface area contributed by atoms with E-state index in [-0.39, 0.29) is 12.0 Å². The molecule has 2 saturated heterocycles. The third kappa shape index (κ3) is 4.24. The quantitative estimate of drug-likeness (QED) is 0.789. The van der Waals surface area contributed by atoms with Crippen LogP contribution < -0.4 is 5.32 Å². The maximum atomic E-state index is 12.7. The van der Waals surface area contributed by atoms with Gasteiger partial charge >= 0.3 is 0 Å². The summed E-state index contributed by atoms with van der Waals surface area (Å²) in [4.78, 5) is 15.3. The van der Waals surface area contributed by atoms with Crippen molar-refractivity contribution in [1.82, 2.24) is 25.2 Å². The molecule has 31 heavy (non-hydrogen) atoms. The lowest BCUT2D eigenvalue weighted by atomic mass is 9.95. The summed E-state index contributed by atoms with van der Waals surface area (Å²) in [7, 11) is 0. The molecule has 0 saturated carbocycles. The van der Waals surface area contributed by atoms with Crippen molar-refractivity contribution in [1.29, 1.82) is 0 Å². The Bertz CT molecular complexity index is 931.